The van der Waals surface area contributed by atoms with Gasteiger partial charge >= 0.3 is 0 Å². The second-order valence-electron chi connectivity index (χ2n) is 5.67. The number of ether oxygens (including phenoxy) is 2. The molecule has 5 heteroatoms. The average molecular weight is 341 g/mol. The molecule has 1 aromatic rings. The van der Waals surface area contributed by atoms with Crippen LogP contribution in [0.4, 0.5) is 0 Å². The van der Waals surface area contributed by atoms with Crippen LogP contribution < -0.4 is 15.2 Å². The molecule has 110 valence electrons. The summed E-state index contributed by atoms with van der Waals surface area (Å²) in [6, 6.07) is 4.70. The zero-order chi connectivity index (χ0) is 14.1. The van der Waals surface area contributed by atoms with Crippen LogP contribution in [-0.2, 0) is 0 Å². The van der Waals surface area contributed by atoms with Gasteiger partial charge in [0.2, 0.25) is 0 Å². The highest BCUT2D eigenvalue weighted by Crippen LogP contribution is 2.43. The van der Waals surface area contributed by atoms with E-state index >= 15 is 0 Å². The lowest BCUT2D eigenvalue weighted by Crippen LogP contribution is -2.20. The predicted molar refractivity (Wildman–Crippen MR) is 82.3 cm³/mol. The molecule has 0 spiro atoms. The van der Waals surface area contributed by atoms with Crippen molar-refractivity contribution in [3.05, 3.63) is 22.2 Å². The van der Waals surface area contributed by atoms with Crippen LogP contribution in [0, 0.1) is 5.92 Å². The largest absolute Gasteiger partial charge is 0.490 e. The van der Waals surface area contributed by atoms with Gasteiger partial charge in [-0.2, -0.15) is 0 Å². The number of fused-ring (bicyclic) bond motifs is 1. The minimum atomic E-state index is 0.414. The number of nitrogens with two attached hydrogens (primary N) is 1. The standard InChI is InChI=1S/C15H21BrN2O2/c1-18-9-10(8-17)5-13(18)11-6-12(16)15-14(7-11)19-3-2-4-20-15/h6-7,10,13H,2-5,8-9,17H2,1H3. The Balaban J connectivity index is 1.91. The van der Waals surface area contributed by atoms with E-state index in [0.29, 0.717) is 18.6 Å². The van der Waals surface area contributed by atoms with E-state index in [1.54, 1.807) is 0 Å². The van der Waals surface area contributed by atoms with Gasteiger partial charge in [-0.1, -0.05) is 0 Å². The number of benzene rings is 1. The van der Waals surface area contributed by atoms with E-state index in [4.69, 9.17) is 15.2 Å². The van der Waals surface area contributed by atoms with E-state index in [1.165, 1.54) is 5.56 Å². The molecule has 0 bridgehead atoms. The van der Waals surface area contributed by atoms with Gasteiger partial charge in [0, 0.05) is 19.0 Å². The summed E-state index contributed by atoms with van der Waals surface area (Å²) >= 11 is 3.62. The molecule has 2 heterocycles. The zero-order valence-corrected chi connectivity index (χ0v) is 13.4. The quantitative estimate of drug-likeness (QED) is 0.898. The molecule has 3 rings (SSSR count). The molecular weight excluding hydrogens is 320 g/mol. The number of halogens is 1. The molecule has 2 aliphatic rings. The topological polar surface area (TPSA) is 47.7 Å². The van der Waals surface area contributed by atoms with Crippen molar-refractivity contribution in [2.45, 2.75) is 18.9 Å². The molecular formula is C15H21BrN2O2. The normalized spacial score (nSPS) is 26.6. The Labute approximate surface area is 128 Å². The molecule has 2 aliphatic heterocycles. The first-order chi connectivity index (χ1) is 9.69. The molecule has 1 fully saturated rings. The summed E-state index contributed by atoms with van der Waals surface area (Å²) in [6.07, 6.45) is 2.04. The fourth-order valence-electron chi connectivity index (χ4n) is 3.11. The fraction of sp³-hybridized carbons (Fsp3) is 0.600. The molecule has 2 atom stereocenters. The molecule has 4 nitrogen and oxygen atoms in total. The highest BCUT2D eigenvalue weighted by molar-refractivity contribution is 9.10. The van der Waals surface area contributed by atoms with Gasteiger partial charge in [0.25, 0.3) is 0 Å². The molecule has 1 saturated heterocycles. The van der Waals surface area contributed by atoms with Gasteiger partial charge in [-0.25, -0.2) is 0 Å². The summed E-state index contributed by atoms with van der Waals surface area (Å²) in [6.45, 7) is 3.25. The lowest BCUT2D eigenvalue weighted by molar-refractivity contribution is 0.296. The number of hydrogen-bond donors (Lipinski definition) is 1. The predicted octanol–water partition coefficient (Wildman–Crippen LogP) is 2.56. The van der Waals surface area contributed by atoms with E-state index in [1.807, 2.05) is 0 Å². The number of hydrogen-bond acceptors (Lipinski definition) is 4. The van der Waals surface area contributed by atoms with Crippen molar-refractivity contribution in [2.75, 3.05) is 33.4 Å². The molecule has 2 unspecified atom stereocenters. The van der Waals surface area contributed by atoms with Crippen molar-refractivity contribution >= 4 is 15.9 Å². The number of nitrogens with zero attached hydrogens (tertiary/aromatic N) is 1. The Morgan fingerprint density at radius 1 is 1.35 bits per heavy atom. The maximum absolute atomic E-state index is 5.82. The first-order valence-electron chi connectivity index (χ1n) is 7.18. The molecule has 2 N–H and O–H groups in total. The molecule has 1 aromatic carbocycles. The van der Waals surface area contributed by atoms with Gasteiger partial charge in [0.1, 0.15) is 0 Å². The summed E-state index contributed by atoms with van der Waals surface area (Å²) in [7, 11) is 2.16. The van der Waals surface area contributed by atoms with Gasteiger partial charge in [-0.05, 0) is 59.6 Å². The van der Waals surface area contributed by atoms with E-state index in [2.05, 4.69) is 40.0 Å². The Kier molecular flexibility index (Phi) is 4.19. The van der Waals surface area contributed by atoms with Crippen LogP contribution in [-0.4, -0.2) is 38.3 Å². The first-order valence-corrected chi connectivity index (χ1v) is 7.97. The van der Waals surface area contributed by atoms with Crippen molar-refractivity contribution < 1.29 is 9.47 Å². The van der Waals surface area contributed by atoms with Crippen molar-refractivity contribution in [3.8, 4) is 11.5 Å². The van der Waals surface area contributed by atoms with Crippen molar-refractivity contribution in [1.82, 2.24) is 4.90 Å². The molecule has 0 amide bonds. The molecule has 0 aromatic heterocycles. The first kappa shape index (κ1) is 14.2. The van der Waals surface area contributed by atoms with Gasteiger partial charge in [0.15, 0.2) is 11.5 Å². The van der Waals surface area contributed by atoms with Crippen LogP contribution in [0.1, 0.15) is 24.4 Å². The maximum atomic E-state index is 5.82. The van der Waals surface area contributed by atoms with Gasteiger partial charge in [0.05, 0.1) is 17.7 Å². The Hall–Kier alpha value is -0.780. The Bertz CT molecular complexity index is 495. The maximum Gasteiger partial charge on any atom is 0.175 e. The summed E-state index contributed by atoms with van der Waals surface area (Å²) in [4.78, 5) is 2.38. The van der Waals surface area contributed by atoms with Gasteiger partial charge < -0.3 is 15.2 Å². The van der Waals surface area contributed by atoms with Crippen LogP contribution in [0.2, 0.25) is 0 Å². The Morgan fingerprint density at radius 3 is 2.90 bits per heavy atom. The highest BCUT2D eigenvalue weighted by Gasteiger charge is 2.31. The van der Waals surface area contributed by atoms with Crippen LogP contribution in [0.25, 0.3) is 0 Å². The monoisotopic (exact) mass is 340 g/mol. The SMILES string of the molecule is CN1CC(CN)CC1c1cc(Br)c2c(c1)OCCCO2. The van der Waals surface area contributed by atoms with E-state index in [9.17, 15) is 0 Å². The van der Waals surface area contributed by atoms with Crippen molar-refractivity contribution in [1.29, 1.82) is 0 Å². The third-order valence-corrected chi connectivity index (χ3v) is 4.77. The summed E-state index contributed by atoms with van der Waals surface area (Å²) in [5.41, 5.74) is 7.09. The minimum absolute atomic E-state index is 0.414. The van der Waals surface area contributed by atoms with Crippen LogP contribution >= 0.6 is 15.9 Å². The zero-order valence-electron chi connectivity index (χ0n) is 11.8. The van der Waals surface area contributed by atoms with Gasteiger partial charge in [-0.3, -0.25) is 4.90 Å². The molecule has 0 aliphatic carbocycles. The second-order valence-corrected chi connectivity index (χ2v) is 6.53. The third-order valence-electron chi connectivity index (χ3n) is 4.18. The lowest BCUT2D eigenvalue weighted by Gasteiger charge is -2.21. The van der Waals surface area contributed by atoms with E-state index < -0.39 is 0 Å². The molecule has 20 heavy (non-hydrogen) atoms. The number of rotatable bonds is 2. The smallest absolute Gasteiger partial charge is 0.175 e. The van der Waals surface area contributed by atoms with E-state index in [-0.39, 0.29) is 0 Å². The van der Waals surface area contributed by atoms with Gasteiger partial charge in [-0.15, -0.1) is 0 Å². The third kappa shape index (κ3) is 2.67. The summed E-state index contributed by atoms with van der Waals surface area (Å²) < 4.78 is 12.6. The fourth-order valence-corrected chi connectivity index (χ4v) is 3.68. The Morgan fingerprint density at radius 2 is 2.15 bits per heavy atom. The highest BCUT2D eigenvalue weighted by atomic mass is 79.9. The molecule has 0 saturated carbocycles. The minimum Gasteiger partial charge on any atom is -0.490 e. The molecule has 0 radical (unpaired) electrons. The summed E-state index contributed by atoms with van der Waals surface area (Å²) in [5.74, 6) is 2.28. The van der Waals surface area contributed by atoms with Crippen molar-refractivity contribution in [2.24, 2.45) is 11.7 Å². The van der Waals surface area contributed by atoms with Crippen LogP contribution in [0.15, 0.2) is 16.6 Å². The van der Waals surface area contributed by atoms with Crippen LogP contribution in [0.3, 0.4) is 0 Å². The lowest BCUT2D eigenvalue weighted by atomic mass is 9.99. The average Bonchev–Trinajstić information content (AvgIpc) is 2.66. The van der Waals surface area contributed by atoms with E-state index in [0.717, 1.165) is 48.5 Å². The second kappa shape index (κ2) is 5.92. The van der Waals surface area contributed by atoms with Crippen LogP contribution in [0.5, 0.6) is 11.5 Å². The number of likely N-dealkylation sites (tertiary alicyclic amines) is 1. The van der Waals surface area contributed by atoms with Crippen molar-refractivity contribution in [3.63, 3.8) is 0 Å². The summed E-state index contributed by atoms with van der Waals surface area (Å²) in [5, 5.41) is 0.